The molecule has 0 aliphatic rings. The van der Waals surface area contributed by atoms with E-state index in [4.69, 9.17) is 79.8 Å². The first-order chi connectivity index (χ1) is 8.64. The van der Waals surface area contributed by atoms with Crippen LogP contribution in [-0.2, 0) is 9.59 Å². The minimum absolute atomic E-state index is 0.269. The molecule has 0 saturated heterocycles. The van der Waals surface area contributed by atoms with E-state index in [9.17, 15) is 9.59 Å². The molecule has 3 unspecified atom stereocenters. The number of aliphatic carboxylic acids is 2. The minimum Gasteiger partial charge on any atom is -0.481 e. The first-order valence-corrected chi connectivity index (χ1v) is 7.23. The molecule has 0 spiro atoms. The predicted octanol–water partition coefficient (Wildman–Crippen LogP) is 3.73. The van der Waals surface area contributed by atoms with Crippen molar-refractivity contribution in [1.82, 2.24) is 0 Å². The van der Waals surface area contributed by atoms with Crippen LogP contribution in [-0.4, -0.2) is 38.2 Å². The Morgan fingerprint density at radius 1 is 0.947 bits per heavy atom. The van der Waals surface area contributed by atoms with Gasteiger partial charge in [-0.3, -0.25) is 9.59 Å². The molecule has 0 aromatic rings. The number of carboxylic acid groups (broad SMARTS) is 2. The second kappa shape index (κ2) is 8.65. The summed E-state index contributed by atoms with van der Waals surface area (Å²) in [5, 5.41) is 16.0. The molecule has 2 N–H and O–H groups in total. The quantitative estimate of drug-likeness (QED) is 0.647. The molecule has 0 aliphatic carbocycles. The molecule has 0 aliphatic heterocycles. The van der Waals surface area contributed by atoms with Crippen LogP contribution >= 0.6 is 69.6 Å². The van der Waals surface area contributed by atoms with Gasteiger partial charge in [0.05, 0.1) is 27.3 Å². The molecule has 0 aromatic heterocycles. The third-order valence-corrected chi connectivity index (χ3v) is 4.73. The van der Waals surface area contributed by atoms with E-state index in [2.05, 4.69) is 0 Å². The normalized spacial score (nSPS) is 17.6. The Kier molecular flexibility index (Phi) is 8.84. The van der Waals surface area contributed by atoms with E-state index < -0.39 is 39.9 Å². The lowest BCUT2D eigenvalue weighted by Crippen LogP contribution is -2.37. The second-order valence-corrected chi connectivity index (χ2v) is 6.05. The number of hydrogen-bond donors (Lipinski definition) is 2. The van der Waals surface area contributed by atoms with E-state index in [-0.39, 0.29) is 10.1 Å². The summed E-state index contributed by atoms with van der Waals surface area (Å²) < 4.78 is 0. The van der Waals surface area contributed by atoms with Crippen molar-refractivity contribution in [1.29, 1.82) is 0 Å². The van der Waals surface area contributed by atoms with Crippen molar-refractivity contribution in [3.8, 4) is 0 Å². The monoisotopic (exact) mass is 390 g/mol. The molecule has 110 valence electrons. The highest BCUT2D eigenvalue weighted by molar-refractivity contribution is 6.55. The van der Waals surface area contributed by atoms with Crippen LogP contribution < -0.4 is 0 Å². The standard InChI is InChI=1S/C9H8Cl6O4/c10-1-2(8(16)17)3(9(18)19)4(11)5(12)6(13)7(14)15/h2-4,7H,1H2,(H,16,17)(H,18,19). The zero-order valence-electron chi connectivity index (χ0n) is 9.00. The SMILES string of the molecule is O=C(O)C(CCl)C(C(=O)O)C(Cl)C(Cl)=C(Cl)C(Cl)Cl. The summed E-state index contributed by atoms with van der Waals surface area (Å²) in [5.74, 6) is -6.37. The third-order valence-electron chi connectivity index (χ3n) is 2.18. The van der Waals surface area contributed by atoms with E-state index in [1.165, 1.54) is 0 Å². The lowest BCUT2D eigenvalue weighted by atomic mass is 9.90. The fourth-order valence-corrected chi connectivity index (χ4v) is 2.70. The number of alkyl halides is 4. The van der Waals surface area contributed by atoms with Crippen LogP contribution in [0.4, 0.5) is 0 Å². The first-order valence-electron chi connectivity index (χ1n) is 4.63. The molecule has 4 nitrogen and oxygen atoms in total. The van der Waals surface area contributed by atoms with Gasteiger partial charge in [-0.05, 0) is 0 Å². The Balaban J connectivity index is 5.49. The summed E-state index contributed by atoms with van der Waals surface area (Å²) in [6.07, 6.45) is 0. The molecule has 0 heterocycles. The van der Waals surface area contributed by atoms with Crippen LogP contribution in [0, 0.1) is 11.8 Å². The van der Waals surface area contributed by atoms with Crippen LogP contribution in [0.25, 0.3) is 0 Å². The summed E-state index contributed by atoms with van der Waals surface area (Å²) in [7, 11) is 0. The average molecular weight is 393 g/mol. The van der Waals surface area contributed by atoms with Crippen molar-refractivity contribution in [2.75, 3.05) is 5.88 Å². The number of halogens is 6. The lowest BCUT2D eigenvalue weighted by molar-refractivity contribution is -0.152. The lowest BCUT2D eigenvalue weighted by Gasteiger charge is -2.23. The van der Waals surface area contributed by atoms with Gasteiger partial charge in [-0.1, -0.05) is 46.4 Å². The number of hydrogen-bond acceptors (Lipinski definition) is 2. The number of carboxylic acids is 2. The molecule has 0 aromatic carbocycles. The predicted molar refractivity (Wildman–Crippen MR) is 76.8 cm³/mol. The molecule has 10 heteroatoms. The highest BCUT2D eigenvalue weighted by atomic mass is 35.5. The molecule has 3 atom stereocenters. The maximum Gasteiger partial charge on any atom is 0.309 e. The van der Waals surface area contributed by atoms with Crippen molar-refractivity contribution in [2.24, 2.45) is 11.8 Å². The van der Waals surface area contributed by atoms with Crippen molar-refractivity contribution >= 4 is 81.5 Å². The highest BCUT2D eigenvalue weighted by Gasteiger charge is 2.40. The maximum absolute atomic E-state index is 11.1. The van der Waals surface area contributed by atoms with Gasteiger partial charge in [0.2, 0.25) is 0 Å². The van der Waals surface area contributed by atoms with Crippen LogP contribution in [0.1, 0.15) is 0 Å². The summed E-state index contributed by atoms with van der Waals surface area (Å²) in [6, 6.07) is 0. The number of rotatable bonds is 7. The van der Waals surface area contributed by atoms with E-state index in [1.54, 1.807) is 0 Å². The van der Waals surface area contributed by atoms with E-state index in [0.29, 0.717) is 0 Å². The second-order valence-electron chi connectivity index (χ2n) is 3.36. The van der Waals surface area contributed by atoms with Crippen molar-refractivity contribution < 1.29 is 19.8 Å². The summed E-state index contributed by atoms with van der Waals surface area (Å²) >= 11 is 33.7. The van der Waals surface area contributed by atoms with Gasteiger partial charge in [-0.15, -0.1) is 23.2 Å². The minimum atomic E-state index is -1.58. The first kappa shape index (κ1) is 19.4. The molecule has 0 bridgehead atoms. The van der Waals surface area contributed by atoms with Crippen molar-refractivity contribution in [3.63, 3.8) is 0 Å². The van der Waals surface area contributed by atoms with E-state index in [0.717, 1.165) is 0 Å². The fraction of sp³-hybridized carbons (Fsp3) is 0.556. The molecule has 0 fully saturated rings. The fourth-order valence-electron chi connectivity index (χ4n) is 1.21. The van der Waals surface area contributed by atoms with Crippen molar-refractivity contribution in [2.45, 2.75) is 10.2 Å². The largest absolute Gasteiger partial charge is 0.481 e. The topological polar surface area (TPSA) is 74.6 Å². The van der Waals surface area contributed by atoms with E-state index in [1.807, 2.05) is 0 Å². The van der Waals surface area contributed by atoms with Gasteiger partial charge < -0.3 is 10.2 Å². The molecule has 19 heavy (non-hydrogen) atoms. The Morgan fingerprint density at radius 2 is 1.42 bits per heavy atom. The highest BCUT2D eigenvalue weighted by Crippen LogP contribution is 2.35. The van der Waals surface area contributed by atoms with Gasteiger partial charge in [0.1, 0.15) is 4.84 Å². The average Bonchev–Trinajstić information content (AvgIpc) is 2.31. The van der Waals surface area contributed by atoms with Crippen molar-refractivity contribution in [3.05, 3.63) is 10.1 Å². The zero-order valence-corrected chi connectivity index (χ0v) is 13.5. The van der Waals surface area contributed by atoms with Gasteiger partial charge in [0, 0.05) is 5.88 Å². The summed E-state index contributed by atoms with van der Waals surface area (Å²) in [4.78, 5) is 20.9. The molecule has 0 saturated carbocycles. The number of carbonyl (C=O) groups is 2. The zero-order chi connectivity index (χ0) is 15.3. The van der Waals surface area contributed by atoms with Gasteiger partial charge in [-0.25, -0.2) is 0 Å². The van der Waals surface area contributed by atoms with Crippen LogP contribution in [0.15, 0.2) is 10.1 Å². The molecule has 0 amide bonds. The van der Waals surface area contributed by atoms with Gasteiger partial charge >= 0.3 is 11.9 Å². The van der Waals surface area contributed by atoms with Crippen LogP contribution in [0.3, 0.4) is 0 Å². The Hall–Kier alpha value is 0.420. The van der Waals surface area contributed by atoms with Gasteiger partial charge in [0.25, 0.3) is 0 Å². The smallest absolute Gasteiger partial charge is 0.309 e. The molecule has 0 rings (SSSR count). The summed E-state index contributed by atoms with van der Waals surface area (Å²) in [6.45, 7) is 0. The Labute approximate surface area is 139 Å². The number of allylic oxidation sites excluding steroid dienone is 2. The summed E-state index contributed by atoms with van der Waals surface area (Å²) in [5.41, 5.74) is 0. The van der Waals surface area contributed by atoms with Crippen LogP contribution in [0.2, 0.25) is 0 Å². The van der Waals surface area contributed by atoms with Gasteiger partial charge in [-0.2, -0.15) is 0 Å². The molecule has 0 radical (unpaired) electrons. The maximum atomic E-state index is 11.1. The molecular formula is C9H8Cl6O4. The Bertz CT molecular complexity index is 383. The Morgan fingerprint density at radius 3 is 1.68 bits per heavy atom. The van der Waals surface area contributed by atoms with Crippen LogP contribution in [0.5, 0.6) is 0 Å². The molecular weight excluding hydrogens is 385 g/mol. The van der Waals surface area contributed by atoms with Gasteiger partial charge in [0.15, 0.2) is 0 Å². The third kappa shape index (κ3) is 5.37. The van der Waals surface area contributed by atoms with E-state index >= 15 is 0 Å².